The van der Waals surface area contributed by atoms with Crippen LogP contribution in [-0.2, 0) is 27.2 Å². The van der Waals surface area contributed by atoms with E-state index in [1.54, 1.807) is 25.1 Å². The number of benzene rings is 2. The summed E-state index contributed by atoms with van der Waals surface area (Å²) < 4.78 is 26.8. The summed E-state index contributed by atoms with van der Waals surface area (Å²) in [4.78, 5) is 12.1. The van der Waals surface area contributed by atoms with Crippen molar-refractivity contribution in [1.29, 1.82) is 0 Å². The summed E-state index contributed by atoms with van der Waals surface area (Å²) >= 11 is -2.25. The first-order chi connectivity index (χ1) is 10.6. The van der Waals surface area contributed by atoms with E-state index in [0.717, 1.165) is 11.1 Å². The smallest absolute Gasteiger partial charge is 0.334 e. The zero-order valence-electron chi connectivity index (χ0n) is 12.0. The lowest BCUT2D eigenvalue weighted by Crippen LogP contribution is -2.05. The number of ether oxygens (including phenoxy) is 1. The predicted octanol–water partition coefficient (Wildman–Crippen LogP) is 3.07. The summed E-state index contributed by atoms with van der Waals surface area (Å²) in [5, 5.41) is 0. The number of hydrogen-bond acceptors (Lipinski definition) is 4. The van der Waals surface area contributed by atoms with Gasteiger partial charge >= 0.3 is 5.97 Å². The fraction of sp³-hybridized carbons (Fsp3) is 0.118. The van der Waals surface area contributed by atoms with Gasteiger partial charge in [0.05, 0.1) is 0 Å². The van der Waals surface area contributed by atoms with Gasteiger partial charge in [0.25, 0.3) is 0 Å². The summed E-state index contributed by atoms with van der Waals surface area (Å²) in [7, 11) is 0. The van der Waals surface area contributed by atoms with Crippen LogP contribution in [0.5, 0.6) is 0 Å². The molecule has 1 unspecified atom stereocenters. The molecule has 4 nitrogen and oxygen atoms in total. The maximum absolute atomic E-state index is 11.9. The molecule has 0 bridgehead atoms. The van der Waals surface area contributed by atoms with E-state index in [1.807, 2.05) is 30.3 Å². The van der Waals surface area contributed by atoms with Gasteiger partial charge in [-0.25, -0.2) is 4.79 Å². The molecule has 0 saturated carbocycles. The minimum atomic E-state index is -2.25. The molecule has 2 aromatic carbocycles. The first-order valence-electron chi connectivity index (χ1n) is 6.65. The second-order valence-corrected chi connectivity index (χ2v) is 5.63. The monoisotopic (exact) mass is 315 g/mol. The van der Waals surface area contributed by atoms with Gasteiger partial charge in [0.2, 0.25) is 0 Å². The minimum absolute atomic E-state index is 0.210. The van der Waals surface area contributed by atoms with Crippen LogP contribution in [0.1, 0.15) is 18.1 Å². The van der Waals surface area contributed by atoms with E-state index in [9.17, 15) is 13.6 Å². The van der Waals surface area contributed by atoms with Crippen LogP contribution in [0.25, 0.3) is 6.08 Å². The Kier molecular flexibility index (Phi) is 5.63. The first kappa shape index (κ1) is 16.1. The summed E-state index contributed by atoms with van der Waals surface area (Å²) in [6.07, 6.45) is 1.66. The largest absolute Gasteiger partial charge is 0.768 e. The molecule has 0 aromatic heterocycles. The van der Waals surface area contributed by atoms with Gasteiger partial charge in [-0.1, -0.05) is 42.5 Å². The van der Waals surface area contributed by atoms with Crippen molar-refractivity contribution in [1.82, 2.24) is 0 Å². The van der Waals surface area contributed by atoms with Crippen molar-refractivity contribution in [2.24, 2.45) is 0 Å². The molecule has 22 heavy (non-hydrogen) atoms. The summed E-state index contributed by atoms with van der Waals surface area (Å²) in [6.45, 7) is 1.88. The Morgan fingerprint density at radius 1 is 1.14 bits per heavy atom. The van der Waals surface area contributed by atoms with Crippen molar-refractivity contribution in [3.63, 3.8) is 0 Å². The van der Waals surface area contributed by atoms with Gasteiger partial charge in [-0.15, -0.1) is 0 Å². The highest BCUT2D eigenvalue weighted by atomic mass is 32.2. The highest BCUT2D eigenvalue weighted by Crippen LogP contribution is 2.12. The van der Waals surface area contributed by atoms with Crippen LogP contribution in [0.15, 0.2) is 65.1 Å². The lowest BCUT2D eigenvalue weighted by Gasteiger charge is -2.06. The van der Waals surface area contributed by atoms with Crippen LogP contribution in [0.4, 0.5) is 0 Å². The summed E-state index contributed by atoms with van der Waals surface area (Å²) in [5.41, 5.74) is 2.11. The minimum Gasteiger partial charge on any atom is -0.768 e. The molecule has 0 aliphatic heterocycles. The van der Waals surface area contributed by atoms with Gasteiger partial charge in [-0.2, -0.15) is 0 Å². The van der Waals surface area contributed by atoms with Crippen molar-refractivity contribution >= 4 is 23.1 Å². The molecule has 114 valence electrons. The lowest BCUT2D eigenvalue weighted by molar-refractivity contribution is -0.140. The van der Waals surface area contributed by atoms with Gasteiger partial charge < -0.3 is 9.29 Å². The third kappa shape index (κ3) is 4.65. The van der Waals surface area contributed by atoms with E-state index in [1.165, 1.54) is 12.1 Å². The van der Waals surface area contributed by atoms with E-state index in [-0.39, 0.29) is 11.5 Å². The molecule has 2 rings (SSSR count). The molecule has 5 heteroatoms. The van der Waals surface area contributed by atoms with Gasteiger partial charge in [-0.05, 0) is 47.3 Å². The topological polar surface area (TPSA) is 66.4 Å². The Bertz CT molecular complexity index is 690. The van der Waals surface area contributed by atoms with Gasteiger partial charge in [-0.3, -0.25) is 4.21 Å². The van der Waals surface area contributed by atoms with Gasteiger partial charge in [0.1, 0.15) is 6.61 Å². The average molecular weight is 315 g/mol. The van der Waals surface area contributed by atoms with Crippen LogP contribution in [-0.4, -0.2) is 14.7 Å². The zero-order valence-corrected chi connectivity index (χ0v) is 12.8. The first-order valence-corrected chi connectivity index (χ1v) is 7.72. The van der Waals surface area contributed by atoms with Gasteiger partial charge in [0.15, 0.2) is 0 Å². The quantitative estimate of drug-likeness (QED) is 0.483. The molecule has 0 saturated heterocycles. The molecule has 0 aliphatic carbocycles. The molecular weight excluding hydrogens is 300 g/mol. The summed E-state index contributed by atoms with van der Waals surface area (Å²) in [5.74, 6) is -0.402. The molecule has 0 N–H and O–H groups in total. The summed E-state index contributed by atoms with van der Waals surface area (Å²) in [6, 6.07) is 15.7. The highest BCUT2D eigenvalue weighted by molar-refractivity contribution is 7.79. The van der Waals surface area contributed by atoms with Crippen LogP contribution in [0, 0.1) is 0 Å². The Labute approximate surface area is 131 Å². The van der Waals surface area contributed by atoms with Crippen molar-refractivity contribution in [3.05, 3.63) is 71.3 Å². The number of carbonyl (C=O) groups excluding carboxylic acids is 1. The zero-order chi connectivity index (χ0) is 15.9. The van der Waals surface area contributed by atoms with Crippen molar-refractivity contribution in [2.45, 2.75) is 18.4 Å². The maximum Gasteiger partial charge on any atom is 0.334 e. The maximum atomic E-state index is 11.9. The van der Waals surface area contributed by atoms with E-state index < -0.39 is 17.0 Å². The Hall–Kier alpha value is -2.24. The average Bonchev–Trinajstić information content (AvgIpc) is 2.54. The van der Waals surface area contributed by atoms with E-state index >= 15 is 0 Å². The normalized spacial score (nSPS) is 12.7. The number of carbonyl (C=O) groups is 1. The number of esters is 1. The third-order valence-corrected chi connectivity index (χ3v) is 3.65. The van der Waals surface area contributed by atoms with Crippen molar-refractivity contribution in [3.8, 4) is 0 Å². The molecule has 2 aromatic rings. The lowest BCUT2D eigenvalue weighted by atomic mass is 10.1. The second-order valence-electron chi connectivity index (χ2n) is 4.69. The SMILES string of the molecule is CC(=Cc1ccc(S(=O)[O-])cc1)C(=O)OCc1ccccc1. The Balaban J connectivity index is 1.98. The Morgan fingerprint density at radius 3 is 2.36 bits per heavy atom. The molecule has 0 spiro atoms. The molecule has 0 heterocycles. The van der Waals surface area contributed by atoms with Crippen LogP contribution in [0.3, 0.4) is 0 Å². The second kappa shape index (κ2) is 7.68. The van der Waals surface area contributed by atoms with Crippen molar-refractivity contribution < 1.29 is 18.3 Å². The highest BCUT2D eigenvalue weighted by Gasteiger charge is 2.06. The number of hydrogen-bond donors (Lipinski definition) is 0. The van der Waals surface area contributed by atoms with E-state index in [0.29, 0.717) is 5.57 Å². The predicted molar refractivity (Wildman–Crippen MR) is 83.5 cm³/mol. The van der Waals surface area contributed by atoms with Crippen molar-refractivity contribution in [2.75, 3.05) is 0 Å². The van der Waals surface area contributed by atoms with E-state index in [2.05, 4.69) is 0 Å². The molecule has 0 fully saturated rings. The van der Waals surface area contributed by atoms with Crippen LogP contribution < -0.4 is 0 Å². The standard InChI is InChI=1S/C17H16O4S/c1-13(11-14-7-9-16(10-8-14)22(19)20)17(18)21-12-15-5-3-2-4-6-15/h2-11H,12H2,1H3,(H,19,20)/p-1. The fourth-order valence-electron chi connectivity index (χ4n) is 1.82. The van der Waals surface area contributed by atoms with Gasteiger partial charge in [0, 0.05) is 10.5 Å². The van der Waals surface area contributed by atoms with Crippen LogP contribution in [0.2, 0.25) is 0 Å². The number of rotatable bonds is 5. The molecule has 1 atom stereocenters. The molecule has 0 radical (unpaired) electrons. The third-order valence-electron chi connectivity index (χ3n) is 2.99. The van der Waals surface area contributed by atoms with Crippen LogP contribution >= 0.6 is 0 Å². The van der Waals surface area contributed by atoms with E-state index in [4.69, 9.17) is 4.74 Å². The fourth-order valence-corrected chi connectivity index (χ4v) is 2.18. The Morgan fingerprint density at radius 2 is 1.77 bits per heavy atom. The molecular formula is C17H15O4S-. The molecule has 0 amide bonds. The molecule has 0 aliphatic rings.